The van der Waals surface area contributed by atoms with Crippen LogP contribution in [-0.4, -0.2) is 23.0 Å². The van der Waals surface area contributed by atoms with E-state index in [1.807, 2.05) is 36.4 Å². The highest BCUT2D eigenvalue weighted by Crippen LogP contribution is 2.52. The number of carbonyl (C=O) groups is 2. The van der Waals surface area contributed by atoms with E-state index in [1.165, 1.54) is 19.1 Å². The van der Waals surface area contributed by atoms with Crippen LogP contribution in [-0.2, 0) is 10.2 Å². The third-order valence-corrected chi connectivity index (χ3v) is 6.69. The molecular formula is C28H20F2N2O4. The average molecular weight is 486 g/mol. The third kappa shape index (κ3) is 3.75. The average Bonchev–Trinajstić information content (AvgIpc) is 3.60. The molecule has 6 nitrogen and oxygen atoms in total. The summed E-state index contributed by atoms with van der Waals surface area (Å²) in [5.41, 5.74) is 1.82. The molecule has 1 aromatic heterocycles. The monoisotopic (exact) mass is 486 g/mol. The summed E-state index contributed by atoms with van der Waals surface area (Å²) in [6, 6.07) is 21.1. The maximum absolute atomic E-state index is 13.4. The molecule has 0 atom stereocenters. The van der Waals surface area contributed by atoms with E-state index in [0.717, 1.165) is 16.3 Å². The van der Waals surface area contributed by atoms with Crippen LogP contribution in [0, 0.1) is 0 Å². The molecule has 180 valence electrons. The molecule has 2 aliphatic rings. The molecule has 4 aromatic rings. The standard InChI is InChI=1S/C28H20F2N2O4/c1-16(33)17-6-8-18(9-7-17)25-21-5-3-2-4-19(21)14-24(31-25)32-26(34)27(12-13-27)20-10-11-22-23(15-20)36-28(29,30)35-22/h2-11,14-15H,12-13H2,1H3,(H,31,32,34). The quantitative estimate of drug-likeness (QED) is 0.345. The Bertz CT molecular complexity index is 1550. The molecule has 0 unspecified atom stereocenters. The van der Waals surface area contributed by atoms with Gasteiger partial charge in [-0.25, -0.2) is 4.98 Å². The van der Waals surface area contributed by atoms with Crippen LogP contribution >= 0.6 is 0 Å². The van der Waals surface area contributed by atoms with Crippen molar-refractivity contribution in [3.8, 4) is 22.8 Å². The van der Waals surface area contributed by atoms with Crippen LogP contribution in [0.3, 0.4) is 0 Å². The first-order valence-corrected chi connectivity index (χ1v) is 11.5. The molecule has 1 N–H and O–H groups in total. The van der Waals surface area contributed by atoms with Crippen molar-refractivity contribution in [2.24, 2.45) is 0 Å². The molecule has 1 fully saturated rings. The number of aromatic nitrogens is 1. The van der Waals surface area contributed by atoms with Gasteiger partial charge in [0.15, 0.2) is 17.3 Å². The van der Waals surface area contributed by atoms with Gasteiger partial charge >= 0.3 is 6.29 Å². The number of anilines is 1. The molecule has 8 heteroatoms. The van der Waals surface area contributed by atoms with Gasteiger partial charge in [0.05, 0.1) is 11.1 Å². The minimum absolute atomic E-state index is 0.0256. The highest BCUT2D eigenvalue weighted by molar-refractivity contribution is 6.04. The molecule has 0 radical (unpaired) electrons. The van der Waals surface area contributed by atoms with Crippen LogP contribution in [0.15, 0.2) is 72.8 Å². The van der Waals surface area contributed by atoms with Gasteiger partial charge in [-0.2, -0.15) is 0 Å². The number of benzene rings is 3. The summed E-state index contributed by atoms with van der Waals surface area (Å²) in [6.45, 7) is 1.51. The number of carbonyl (C=O) groups excluding carboxylic acids is 2. The first-order valence-electron chi connectivity index (χ1n) is 11.5. The zero-order valence-corrected chi connectivity index (χ0v) is 19.2. The molecule has 3 aromatic carbocycles. The van der Waals surface area contributed by atoms with Crippen molar-refractivity contribution in [3.05, 3.63) is 83.9 Å². The number of ether oxygens (including phenoxy) is 2. The summed E-state index contributed by atoms with van der Waals surface area (Å²) in [5, 5.41) is 4.73. The minimum Gasteiger partial charge on any atom is -0.395 e. The Kier molecular flexibility index (Phi) is 4.83. The molecule has 0 spiro atoms. The summed E-state index contributed by atoms with van der Waals surface area (Å²) < 4.78 is 35.9. The van der Waals surface area contributed by atoms with Crippen LogP contribution in [0.2, 0.25) is 0 Å². The molecule has 0 bridgehead atoms. The number of Topliss-reactive ketones (excluding diaryl/α,β-unsaturated/α-hetero) is 1. The number of nitrogens with one attached hydrogen (secondary N) is 1. The SMILES string of the molecule is CC(=O)c1ccc(-c2nc(NC(=O)C3(c4ccc5c(c4)OC(F)(F)O5)CC3)cc3ccccc23)cc1. The number of halogens is 2. The zero-order chi connectivity index (χ0) is 25.1. The fraction of sp³-hybridized carbons (Fsp3) is 0.179. The van der Waals surface area contributed by atoms with E-state index in [-0.39, 0.29) is 23.2 Å². The topological polar surface area (TPSA) is 77.5 Å². The van der Waals surface area contributed by atoms with Crippen molar-refractivity contribution in [2.45, 2.75) is 31.5 Å². The molecule has 1 aliphatic heterocycles. The van der Waals surface area contributed by atoms with E-state index in [2.05, 4.69) is 14.8 Å². The lowest BCUT2D eigenvalue weighted by atomic mass is 9.94. The van der Waals surface area contributed by atoms with E-state index in [1.54, 1.807) is 24.3 Å². The van der Waals surface area contributed by atoms with E-state index in [9.17, 15) is 18.4 Å². The van der Waals surface area contributed by atoms with Gasteiger partial charge in [0.25, 0.3) is 0 Å². The number of fused-ring (bicyclic) bond motifs is 2. The number of nitrogens with zero attached hydrogens (tertiary/aromatic N) is 1. The number of pyridine rings is 1. The summed E-state index contributed by atoms with van der Waals surface area (Å²) in [7, 11) is 0. The lowest BCUT2D eigenvalue weighted by Crippen LogP contribution is -2.28. The number of hydrogen-bond donors (Lipinski definition) is 1. The lowest BCUT2D eigenvalue weighted by Gasteiger charge is -2.17. The Morgan fingerprint density at radius 3 is 2.36 bits per heavy atom. The second-order valence-electron chi connectivity index (χ2n) is 9.08. The molecule has 0 saturated heterocycles. The zero-order valence-electron chi connectivity index (χ0n) is 19.2. The Morgan fingerprint density at radius 2 is 1.64 bits per heavy atom. The largest absolute Gasteiger partial charge is 0.586 e. The fourth-order valence-electron chi connectivity index (χ4n) is 4.60. The Balaban J connectivity index is 1.33. The molecule has 36 heavy (non-hydrogen) atoms. The Morgan fingerprint density at radius 1 is 0.917 bits per heavy atom. The highest BCUT2D eigenvalue weighted by atomic mass is 19.3. The number of amides is 1. The summed E-state index contributed by atoms with van der Waals surface area (Å²) in [6.07, 6.45) is -2.57. The predicted molar refractivity (Wildman–Crippen MR) is 129 cm³/mol. The van der Waals surface area contributed by atoms with Crippen molar-refractivity contribution in [3.63, 3.8) is 0 Å². The van der Waals surface area contributed by atoms with Gasteiger partial charge in [-0.05, 0) is 48.9 Å². The van der Waals surface area contributed by atoms with E-state index < -0.39 is 11.7 Å². The van der Waals surface area contributed by atoms with Gasteiger partial charge in [0, 0.05) is 16.5 Å². The van der Waals surface area contributed by atoms with E-state index in [0.29, 0.717) is 35.5 Å². The van der Waals surface area contributed by atoms with E-state index >= 15 is 0 Å². The number of ketones is 1. The van der Waals surface area contributed by atoms with Crippen molar-refractivity contribution in [1.29, 1.82) is 0 Å². The van der Waals surface area contributed by atoms with Crippen molar-refractivity contribution in [1.82, 2.24) is 4.98 Å². The van der Waals surface area contributed by atoms with E-state index in [4.69, 9.17) is 4.98 Å². The van der Waals surface area contributed by atoms with Crippen LogP contribution in [0.4, 0.5) is 14.6 Å². The minimum atomic E-state index is -3.71. The van der Waals surface area contributed by atoms with Crippen LogP contribution in [0.5, 0.6) is 11.5 Å². The Hall–Kier alpha value is -4.33. The third-order valence-electron chi connectivity index (χ3n) is 6.69. The van der Waals surface area contributed by atoms with Crippen LogP contribution in [0.1, 0.15) is 35.7 Å². The summed E-state index contributed by atoms with van der Waals surface area (Å²) in [4.78, 5) is 29.8. The maximum atomic E-state index is 13.4. The molecule has 1 amide bonds. The normalized spacial score (nSPS) is 16.5. The Labute approximate surface area is 204 Å². The second kappa shape index (κ2) is 7.84. The highest BCUT2D eigenvalue weighted by Gasteiger charge is 2.53. The summed E-state index contributed by atoms with van der Waals surface area (Å²) >= 11 is 0. The number of hydrogen-bond acceptors (Lipinski definition) is 5. The van der Waals surface area contributed by atoms with Gasteiger partial charge in [-0.15, -0.1) is 8.78 Å². The molecule has 1 aliphatic carbocycles. The smallest absolute Gasteiger partial charge is 0.395 e. The first kappa shape index (κ1) is 22.2. The molecular weight excluding hydrogens is 466 g/mol. The van der Waals surface area contributed by atoms with Gasteiger partial charge in [0.2, 0.25) is 5.91 Å². The fourth-order valence-corrected chi connectivity index (χ4v) is 4.60. The number of alkyl halides is 2. The molecule has 1 saturated carbocycles. The van der Waals surface area contributed by atoms with Gasteiger partial charge in [0.1, 0.15) is 5.82 Å². The molecule has 6 rings (SSSR count). The number of rotatable bonds is 5. The van der Waals surface area contributed by atoms with Crippen LogP contribution in [0.25, 0.3) is 22.0 Å². The predicted octanol–water partition coefficient (Wildman–Crippen LogP) is 6.10. The van der Waals surface area contributed by atoms with Crippen molar-refractivity contribution in [2.75, 3.05) is 5.32 Å². The van der Waals surface area contributed by atoms with Crippen molar-refractivity contribution < 1.29 is 27.8 Å². The van der Waals surface area contributed by atoms with Crippen LogP contribution < -0.4 is 14.8 Å². The first-order chi connectivity index (χ1) is 17.2. The molecule has 2 heterocycles. The maximum Gasteiger partial charge on any atom is 0.586 e. The van der Waals surface area contributed by atoms with Gasteiger partial charge in [-0.3, -0.25) is 9.59 Å². The lowest BCUT2D eigenvalue weighted by molar-refractivity contribution is -0.286. The summed E-state index contributed by atoms with van der Waals surface area (Å²) in [5.74, 6) is -0.0627. The van der Waals surface area contributed by atoms with Gasteiger partial charge in [-0.1, -0.05) is 54.6 Å². The van der Waals surface area contributed by atoms with Crippen molar-refractivity contribution >= 4 is 28.3 Å². The second-order valence-corrected chi connectivity index (χ2v) is 9.08. The van der Waals surface area contributed by atoms with Gasteiger partial charge < -0.3 is 14.8 Å².